The first-order valence-corrected chi connectivity index (χ1v) is 10.6. The maximum Gasteiger partial charge on any atom is 0.339 e. The fourth-order valence-electron chi connectivity index (χ4n) is 2.51. The molecule has 160 valence electrons. The highest BCUT2D eigenvalue weighted by Crippen LogP contribution is 2.34. The Morgan fingerprint density at radius 1 is 1.16 bits per heavy atom. The maximum absolute atomic E-state index is 12.6. The van der Waals surface area contributed by atoms with Gasteiger partial charge in [0, 0.05) is 17.7 Å². The summed E-state index contributed by atoms with van der Waals surface area (Å²) in [7, 11) is -4.34. The van der Waals surface area contributed by atoms with Crippen molar-refractivity contribution in [2.75, 3.05) is 6.54 Å². The molecule has 0 atom stereocenters. The van der Waals surface area contributed by atoms with Gasteiger partial charge in [-0.3, -0.25) is 29.4 Å². The van der Waals surface area contributed by atoms with Crippen molar-refractivity contribution in [2.45, 2.75) is 4.90 Å². The molecule has 1 aliphatic rings. The van der Waals surface area contributed by atoms with Crippen LogP contribution in [0.15, 0.2) is 58.3 Å². The molecule has 31 heavy (non-hydrogen) atoms. The number of hydrogen-bond donors (Lipinski definition) is 1. The molecular weight excluding hydrogens is 450 g/mol. The number of thioether (sulfide) groups is 1. The number of para-hydroxylation sites is 1. The maximum atomic E-state index is 12.6. The summed E-state index contributed by atoms with van der Waals surface area (Å²) in [5.74, 6) is -1.74. The number of nitrogens with zero attached hydrogens (tertiary/aromatic N) is 2. The molecule has 2 N–H and O–H groups in total. The molecule has 0 radical (unpaired) electrons. The smallest absolute Gasteiger partial charge is 0.339 e. The Morgan fingerprint density at radius 3 is 2.42 bits per heavy atom. The molecule has 0 unspecified atom stereocenters. The van der Waals surface area contributed by atoms with Crippen LogP contribution in [-0.4, -0.2) is 41.8 Å². The molecule has 3 amide bonds. The van der Waals surface area contributed by atoms with E-state index in [9.17, 15) is 32.9 Å². The minimum absolute atomic E-state index is 0.0463. The number of primary amides is 1. The van der Waals surface area contributed by atoms with E-state index >= 15 is 0 Å². The fraction of sp³-hybridized carbons (Fsp3) is 0.0556. The summed E-state index contributed by atoms with van der Waals surface area (Å²) >= 11 is 0.568. The average Bonchev–Trinajstić information content (AvgIpc) is 2.96. The van der Waals surface area contributed by atoms with E-state index in [0.29, 0.717) is 16.7 Å². The summed E-state index contributed by atoms with van der Waals surface area (Å²) in [6, 6.07) is 9.97. The third kappa shape index (κ3) is 4.90. The molecule has 13 heteroatoms. The molecule has 0 aliphatic carbocycles. The third-order valence-electron chi connectivity index (χ3n) is 3.93. The Hall–Kier alpha value is -3.71. The Morgan fingerprint density at radius 2 is 1.81 bits per heavy atom. The van der Waals surface area contributed by atoms with Gasteiger partial charge in [0.1, 0.15) is 17.2 Å². The van der Waals surface area contributed by atoms with Gasteiger partial charge in [-0.25, -0.2) is 0 Å². The molecule has 11 nitrogen and oxygen atoms in total. The molecular formula is C18H13N3O8S2. The van der Waals surface area contributed by atoms with Crippen LogP contribution in [0.1, 0.15) is 5.56 Å². The van der Waals surface area contributed by atoms with Gasteiger partial charge in [0.2, 0.25) is 5.91 Å². The van der Waals surface area contributed by atoms with Gasteiger partial charge in [-0.2, -0.15) is 8.42 Å². The second-order valence-corrected chi connectivity index (χ2v) is 8.60. The van der Waals surface area contributed by atoms with Crippen LogP contribution in [0, 0.1) is 10.1 Å². The van der Waals surface area contributed by atoms with Crippen LogP contribution >= 0.6 is 11.8 Å². The minimum Gasteiger partial charge on any atom is -0.378 e. The second kappa shape index (κ2) is 8.57. The van der Waals surface area contributed by atoms with Crippen LogP contribution in [-0.2, 0) is 19.7 Å². The lowest BCUT2D eigenvalue weighted by atomic mass is 10.2. The lowest BCUT2D eigenvalue weighted by Gasteiger charge is -2.10. The van der Waals surface area contributed by atoms with Crippen molar-refractivity contribution in [1.82, 2.24) is 4.90 Å². The first-order chi connectivity index (χ1) is 14.6. The van der Waals surface area contributed by atoms with Crippen LogP contribution in [0.2, 0.25) is 0 Å². The van der Waals surface area contributed by atoms with Crippen molar-refractivity contribution in [3.8, 4) is 5.75 Å². The van der Waals surface area contributed by atoms with E-state index in [2.05, 4.69) is 0 Å². The number of amides is 3. The van der Waals surface area contributed by atoms with E-state index in [1.54, 1.807) is 6.07 Å². The molecule has 2 aromatic carbocycles. The van der Waals surface area contributed by atoms with Crippen molar-refractivity contribution in [3.63, 3.8) is 0 Å². The molecule has 0 aromatic heterocycles. The van der Waals surface area contributed by atoms with Crippen molar-refractivity contribution in [1.29, 1.82) is 0 Å². The Balaban J connectivity index is 1.89. The van der Waals surface area contributed by atoms with Gasteiger partial charge in [0.15, 0.2) is 0 Å². The van der Waals surface area contributed by atoms with Crippen LogP contribution in [0.3, 0.4) is 0 Å². The molecule has 1 saturated heterocycles. The largest absolute Gasteiger partial charge is 0.378 e. The third-order valence-corrected chi connectivity index (χ3v) is 6.08. The van der Waals surface area contributed by atoms with Crippen LogP contribution in [0.25, 0.3) is 6.08 Å². The minimum atomic E-state index is -4.34. The number of non-ortho nitro benzene ring substituents is 1. The van der Waals surface area contributed by atoms with E-state index in [1.807, 2.05) is 0 Å². The number of nitro benzene ring substituents is 1. The Kier molecular flexibility index (Phi) is 6.08. The Labute approximate surface area is 179 Å². The summed E-state index contributed by atoms with van der Waals surface area (Å²) in [5.41, 5.74) is 4.92. The van der Waals surface area contributed by atoms with Gasteiger partial charge < -0.3 is 9.92 Å². The van der Waals surface area contributed by atoms with E-state index in [0.717, 1.165) is 24.3 Å². The number of nitrogens with two attached hydrogens (primary N) is 1. The highest BCUT2D eigenvalue weighted by atomic mass is 32.2. The van der Waals surface area contributed by atoms with E-state index in [1.165, 1.54) is 24.3 Å². The number of imide groups is 1. The van der Waals surface area contributed by atoms with Gasteiger partial charge in [-0.15, -0.1) is 0 Å². The number of rotatable bonds is 7. The summed E-state index contributed by atoms with van der Waals surface area (Å²) in [4.78, 5) is 45.7. The summed E-state index contributed by atoms with van der Waals surface area (Å²) < 4.78 is 30.3. The monoisotopic (exact) mass is 463 g/mol. The highest BCUT2D eigenvalue weighted by molar-refractivity contribution is 8.18. The van der Waals surface area contributed by atoms with Crippen molar-refractivity contribution in [2.24, 2.45) is 5.73 Å². The molecule has 1 fully saturated rings. The van der Waals surface area contributed by atoms with E-state index in [-0.39, 0.29) is 26.8 Å². The fourth-order valence-corrected chi connectivity index (χ4v) is 4.29. The molecule has 1 aliphatic heterocycles. The topological polar surface area (TPSA) is 167 Å². The number of carbonyl (C=O) groups excluding carboxylic acids is 3. The number of benzene rings is 2. The summed E-state index contributed by atoms with van der Waals surface area (Å²) in [6.45, 7) is -0.575. The lowest BCUT2D eigenvalue weighted by Crippen LogP contribution is -2.36. The zero-order chi connectivity index (χ0) is 22.8. The van der Waals surface area contributed by atoms with Crippen LogP contribution < -0.4 is 9.92 Å². The number of hydrogen-bond acceptors (Lipinski definition) is 9. The predicted octanol–water partition coefficient (Wildman–Crippen LogP) is 1.88. The van der Waals surface area contributed by atoms with E-state index < -0.39 is 38.6 Å². The zero-order valence-electron chi connectivity index (χ0n) is 15.5. The molecule has 0 saturated carbocycles. The van der Waals surface area contributed by atoms with Crippen LogP contribution in [0.5, 0.6) is 5.75 Å². The predicted molar refractivity (Wildman–Crippen MR) is 109 cm³/mol. The quantitative estimate of drug-likeness (QED) is 0.279. The van der Waals surface area contributed by atoms with Crippen molar-refractivity contribution < 1.29 is 31.9 Å². The lowest BCUT2D eigenvalue weighted by molar-refractivity contribution is -0.384. The second-order valence-electron chi connectivity index (χ2n) is 6.06. The molecule has 3 rings (SSSR count). The van der Waals surface area contributed by atoms with Crippen molar-refractivity contribution >= 4 is 50.7 Å². The van der Waals surface area contributed by atoms with Crippen molar-refractivity contribution in [3.05, 3.63) is 69.1 Å². The number of nitro groups is 1. The Bertz CT molecular complexity index is 1220. The van der Waals surface area contributed by atoms with Gasteiger partial charge >= 0.3 is 10.1 Å². The SMILES string of the molecule is NC(=O)CN1C(=O)S/C(=C\c2ccccc2OS(=O)(=O)c2ccc([N+](=O)[O-])cc2)C1=O. The first kappa shape index (κ1) is 22.0. The standard InChI is InChI=1S/C18H13N3O8S2/c19-16(22)10-20-17(23)15(30-18(20)24)9-11-3-1-2-4-14(11)29-31(27,28)13-7-5-12(6-8-13)21(25)26/h1-9H,10H2,(H2,19,22)/b15-9-. The average molecular weight is 463 g/mol. The molecule has 0 bridgehead atoms. The van der Waals surface area contributed by atoms with Gasteiger partial charge in [0.25, 0.3) is 16.8 Å². The van der Waals surface area contributed by atoms with Gasteiger partial charge in [-0.1, -0.05) is 18.2 Å². The first-order valence-electron chi connectivity index (χ1n) is 8.40. The normalized spacial score (nSPS) is 15.4. The molecule has 0 spiro atoms. The molecule has 2 aromatic rings. The van der Waals surface area contributed by atoms with Gasteiger partial charge in [0.05, 0.1) is 9.83 Å². The molecule has 1 heterocycles. The van der Waals surface area contributed by atoms with E-state index in [4.69, 9.17) is 9.92 Å². The summed E-state index contributed by atoms with van der Waals surface area (Å²) in [5, 5.41) is 10.0. The summed E-state index contributed by atoms with van der Waals surface area (Å²) in [6.07, 6.45) is 1.26. The van der Waals surface area contributed by atoms with Gasteiger partial charge in [-0.05, 0) is 36.0 Å². The number of carbonyl (C=O) groups is 3. The zero-order valence-corrected chi connectivity index (χ0v) is 17.1. The van der Waals surface area contributed by atoms with Crippen LogP contribution in [0.4, 0.5) is 10.5 Å². The highest BCUT2D eigenvalue weighted by Gasteiger charge is 2.36.